The zero-order valence-corrected chi connectivity index (χ0v) is 12.0. The first-order valence-electron chi connectivity index (χ1n) is 7.17. The Morgan fingerprint density at radius 3 is 2.35 bits per heavy atom. The number of carbonyl (C=O) groups is 3. The normalized spacial score (nSPS) is 25.0. The molecule has 20 heavy (non-hydrogen) atoms. The highest BCUT2D eigenvalue weighted by Crippen LogP contribution is 2.28. The van der Waals surface area contributed by atoms with Gasteiger partial charge in [0.2, 0.25) is 11.8 Å². The molecule has 0 saturated carbocycles. The number of amides is 2. The first-order chi connectivity index (χ1) is 9.40. The van der Waals surface area contributed by atoms with E-state index in [4.69, 9.17) is 5.11 Å². The molecule has 2 aliphatic rings. The molecule has 2 amide bonds. The lowest BCUT2D eigenvalue weighted by molar-refractivity contribution is -0.154. The summed E-state index contributed by atoms with van der Waals surface area (Å²) in [5.41, 5.74) is 0. The lowest BCUT2D eigenvalue weighted by atomic mass is 9.85. The Hall–Kier alpha value is -1.59. The SMILES string of the molecule is CC(=O)N1CCCC(C(=O)N2CC(C(C)C(=O)O)C2)C1. The van der Waals surface area contributed by atoms with Crippen molar-refractivity contribution in [2.45, 2.75) is 26.7 Å². The zero-order chi connectivity index (χ0) is 14.9. The zero-order valence-electron chi connectivity index (χ0n) is 12.0. The number of nitrogens with zero attached hydrogens (tertiary/aromatic N) is 2. The smallest absolute Gasteiger partial charge is 0.306 e. The van der Waals surface area contributed by atoms with E-state index < -0.39 is 11.9 Å². The number of carbonyl (C=O) groups excluding carboxylic acids is 2. The molecule has 1 N–H and O–H groups in total. The highest BCUT2D eigenvalue weighted by Gasteiger charge is 2.40. The van der Waals surface area contributed by atoms with Gasteiger partial charge in [0.1, 0.15) is 0 Å². The Bertz CT molecular complexity index is 417. The van der Waals surface area contributed by atoms with E-state index in [-0.39, 0.29) is 23.7 Å². The molecule has 2 atom stereocenters. The Morgan fingerprint density at radius 1 is 1.15 bits per heavy atom. The quantitative estimate of drug-likeness (QED) is 0.814. The second-order valence-corrected chi connectivity index (χ2v) is 5.93. The molecular formula is C14H22N2O4. The molecule has 2 rings (SSSR count). The van der Waals surface area contributed by atoms with Gasteiger partial charge in [-0.25, -0.2) is 0 Å². The molecule has 0 aromatic heterocycles. The van der Waals surface area contributed by atoms with Crippen LogP contribution in [-0.4, -0.2) is 58.9 Å². The summed E-state index contributed by atoms with van der Waals surface area (Å²) in [7, 11) is 0. The number of piperidine rings is 1. The molecule has 6 nitrogen and oxygen atoms in total. The highest BCUT2D eigenvalue weighted by molar-refractivity contribution is 5.82. The van der Waals surface area contributed by atoms with Crippen molar-refractivity contribution in [3.63, 3.8) is 0 Å². The molecule has 2 saturated heterocycles. The van der Waals surface area contributed by atoms with Crippen LogP contribution in [0.1, 0.15) is 26.7 Å². The molecule has 2 aliphatic heterocycles. The summed E-state index contributed by atoms with van der Waals surface area (Å²) in [4.78, 5) is 38.0. The molecule has 0 aliphatic carbocycles. The summed E-state index contributed by atoms with van der Waals surface area (Å²) < 4.78 is 0. The van der Waals surface area contributed by atoms with Crippen LogP contribution in [0.25, 0.3) is 0 Å². The molecule has 2 heterocycles. The molecule has 112 valence electrons. The second kappa shape index (κ2) is 5.81. The third-order valence-corrected chi connectivity index (χ3v) is 4.53. The molecule has 2 unspecified atom stereocenters. The third-order valence-electron chi connectivity index (χ3n) is 4.53. The van der Waals surface area contributed by atoms with Crippen molar-refractivity contribution in [2.24, 2.45) is 17.8 Å². The molecule has 0 aromatic carbocycles. The maximum Gasteiger partial charge on any atom is 0.306 e. The first-order valence-corrected chi connectivity index (χ1v) is 7.17. The van der Waals surface area contributed by atoms with Crippen LogP contribution in [-0.2, 0) is 14.4 Å². The topological polar surface area (TPSA) is 77.9 Å². The predicted octanol–water partition coefficient (Wildman–Crippen LogP) is 0.424. The van der Waals surface area contributed by atoms with Crippen molar-refractivity contribution in [1.82, 2.24) is 9.80 Å². The van der Waals surface area contributed by atoms with Gasteiger partial charge < -0.3 is 14.9 Å². The second-order valence-electron chi connectivity index (χ2n) is 5.93. The van der Waals surface area contributed by atoms with E-state index in [9.17, 15) is 14.4 Å². The van der Waals surface area contributed by atoms with Gasteiger partial charge in [-0.3, -0.25) is 14.4 Å². The molecule has 0 radical (unpaired) electrons. The highest BCUT2D eigenvalue weighted by atomic mass is 16.4. The summed E-state index contributed by atoms with van der Waals surface area (Å²) in [6.07, 6.45) is 1.68. The average Bonchev–Trinajstić information content (AvgIpc) is 2.36. The van der Waals surface area contributed by atoms with E-state index in [1.165, 1.54) is 6.92 Å². The molecule has 6 heteroatoms. The van der Waals surface area contributed by atoms with Gasteiger partial charge in [0, 0.05) is 39.0 Å². The van der Waals surface area contributed by atoms with Crippen LogP contribution >= 0.6 is 0 Å². The van der Waals surface area contributed by atoms with Crippen molar-refractivity contribution in [3.05, 3.63) is 0 Å². The van der Waals surface area contributed by atoms with Crippen LogP contribution in [0.5, 0.6) is 0 Å². The maximum absolute atomic E-state index is 12.3. The van der Waals surface area contributed by atoms with Crippen LogP contribution in [0.2, 0.25) is 0 Å². The van der Waals surface area contributed by atoms with Gasteiger partial charge >= 0.3 is 5.97 Å². The van der Waals surface area contributed by atoms with E-state index in [1.54, 1.807) is 16.7 Å². The van der Waals surface area contributed by atoms with Crippen molar-refractivity contribution in [2.75, 3.05) is 26.2 Å². The number of hydrogen-bond acceptors (Lipinski definition) is 3. The minimum atomic E-state index is -0.803. The number of hydrogen-bond donors (Lipinski definition) is 1. The number of carboxylic acid groups (broad SMARTS) is 1. The van der Waals surface area contributed by atoms with Gasteiger partial charge in [0.25, 0.3) is 0 Å². The lowest BCUT2D eigenvalue weighted by Gasteiger charge is -2.44. The fraction of sp³-hybridized carbons (Fsp3) is 0.786. The predicted molar refractivity (Wildman–Crippen MR) is 71.8 cm³/mol. The summed E-state index contributed by atoms with van der Waals surface area (Å²) in [5, 5.41) is 8.94. The van der Waals surface area contributed by atoms with Gasteiger partial charge in [0.05, 0.1) is 11.8 Å². The maximum atomic E-state index is 12.3. The summed E-state index contributed by atoms with van der Waals surface area (Å²) in [6, 6.07) is 0. The lowest BCUT2D eigenvalue weighted by Crippen LogP contribution is -2.57. The number of carboxylic acids is 1. The average molecular weight is 282 g/mol. The fourth-order valence-electron chi connectivity index (χ4n) is 2.93. The summed E-state index contributed by atoms with van der Waals surface area (Å²) >= 11 is 0. The van der Waals surface area contributed by atoms with E-state index in [0.717, 1.165) is 19.4 Å². The van der Waals surface area contributed by atoms with E-state index >= 15 is 0 Å². The Morgan fingerprint density at radius 2 is 1.80 bits per heavy atom. The molecule has 0 aromatic rings. The van der Waals surface area contributed by atoms with Gasteiger partial charge in [0.15, 0.2) is 0 Å². The van der Waals surface area contributed by atoms with Gasteiger partial charge in [-0.05, 0) is 12.8 Å². The Kier molecular flexibility index (Phi) is 4.30. The van der Waals surface area contributed by atoms with Crippen molar-refractivity contribution in [1.29, 1.82) is 0 Å². The largest absolute Gasteiger partial charge is 0.481 e. The summed E-state index contributed by atoms with van der Waals surface area (Å²) in [6.45, 7) is 5.52. The minimum absolute atomic E-state index is 0.0171. The first kappa shape index (κ1) is 14.8. The van der Waals surface area contributed by atoms with Crippen LogP contribution in [0.3, 0.4) is 0 Å². The monoisotopic (exact) mass is 282 g/mol. The van der Waals surface area contributed by atoms with Crippen molar-refractivity contribution in [3.8, 4) is 0 Å². The third kappa shape index (κ3) is 2.94. The van der Waals surface area contributed by atoms with E-state index in [1.807, 2.05) is 0 Å². The molecule has 2 fully saturated rings. The van der Waals surface area contributed by atoms with Gasteiger partial charge in [-0.2, -0.15) is 0 Å². The van der Waals surface area contributed by atoms with Crippen LogP contribution in [0.4, 0.5) is 0 Å². The Balaban J connectivity index is 1.84. The van der Waals surface area contributed by atoms with E-state index in [0.29, 0.717) is 19.6 Å². The molecular weight excluding hydrogens is 260 g/mol. The van der Waals surface area contributed by atoms with Crippen LogP contribution in [0, 0.1) is 17.8 Å². The standard InChI is InChI=1S/C14H22N2O4/c1-9(14(19)20)12-7-16(8-12)13(18)11-4-3-5-15(6-11)10(2)17/h9,11-12H,3-8H2,1-2H3,(H,19,20). The number of aliphatic carboxylic acids is 1. The number of rotatable bonds is 3. The Labute approximate surface area is 118 Å². The van der Waals surface area contributed by atoms with Crippen LogP contribution in [0.15, 0.2) is 0 Å². The van der Waals surface area contributed by atoms with Gasteiger partial charge in [-0.15, -0.1) is 0 Å². The van der Waals surface area contributed by atoms with Gasteiger partial charge in [-0.1, -0.05) is 6.92 Å². The fourth-order valence-corrected chi connectivity index (χ4v) is 2.93. The number of likely N-dealkylation sites (tertiary alicyclic amines) is 2. The van der Waals surface area contributed by atoms with Crippen molar-refractivity contribution < 1.29 is 19.5 Å². The van der Waals surface area contributed by atoms with Crippen molar-refractivity contribution >= 4 is 17.8 Å². The summed E-state index contributed by atoms with van der Waals surface area (Å²) in [5.74, 6) is -1.17. The molecule has 0 spiro atoms. The minimum Gasteiger partial charge on any atom is -0.481 e. The van der Waals surface area contributed by atoms with E-state index in [2.05, 4.69) is 0 Å². The van der Waals surface area contributed by atoms with Crippen LogP contribution < -0.4 is 0 Å². The molecule has 0 bridgehead atoms.